The summed E-state index contributed by atoms with van der Waals surface area (Å²) >= 11 is 0. The van der Waals surface area contributed by atoms with E-state index in [2.05, 4.69) is 0 Å². The topological polar surface area (TPSA) is 80.8 Å². The molecule has 0 aromatic heterocycles. The van der Waals surface area contributed by atoms with E-state index in [0.29, 0.717) is 0 Å². The van der Waals surface area contributed by atoms with Crippen LogP contribution in [0, 0.1) is 5.82 Å². The van der Waals surface area contributed by atoms with Gasteiger partial charge in [-0.1, -0.05) is 18.2 Å². The third-order valence-electron chi connectivity index (χ3n) is 4.66. The van der Waals surface area contributed by atoms with Gasteiger partial charge in [-0.05, 0) is 43.2 Å². The first-order valence-electron chi connectivity index (χ1n) is 8.39. The zero-order valence-corrected chi connectivity index (χ0v) is 16.3. The number of sulfonamides is 1. The van der Waals surface area contributed by atoms with Gasteiger partial charge in [-0.25, -0.2) is 21.2 Å². The van der Waals surface area contributed by atoms with E-state index in [-0.39, 0.29) is 41.5 Å². The van der Waals surface area contributed by atoms with E-state index in [0.717, 1.165) is 12.1 Å². The molecule has 1 aliphatic rings. The molecular weight excluding hydrogens is 393 g/mol. The Morgan fingerprint density at radius 3 is 2.22 bits per heavy atom. The molecule has 0 atom stereocenters. The second-order valence-corrected chi connectivity index (χ2v) is 10.4. The molecule has 0 radical (unpaired) electrons. The third kappa shape index (κ3) is 3.85. The number of nitrogens with zero attached hydrogens (tertiary/aromatic N) is 1. The standard InChI is InChI=1S/C18H20FNO5S2/c1-25-17-8-7-14(19)13-18(17)27(23,24)20-11-9-16(10-12-20)26(21,22)15-5-3-2-4-6-15/h2-8,13,16H,9-12H2,1H3. The van der Waals surface area contributed by atoms with Gasteiger partial charge in [0, 0.05) is 13.1 Å². The number of halogens is 1. The fraction of sp³-hybridized carbons (Fsp3) is 0.333. The molecule has 1 aliphatic heterocycles. The molecule has 0 amide bonds. The molecule has 2 aromatic carbocycles. The van der Waals surface area contributed by atoms with E-state index in [1.165, 1.54) is 29.6 Å². The van der Waals surface area contributed by atoms with Crippen LogP contribution in [-0.2, 0) is 19.9 Å². The Bertz CT molecular complexity index is 1010. The molecule has 0 aliphatic carbocycles. The van der Waals surface area contributed by atoms with Gasteiger partial charge in [0.25, 0.3) is 0 Å². The highest BCUT2D eigenvalue weighted by Crippen LogP contribution is 2.31. The van der Waals surface area contributed by atoms with E-state index in [9.17, 15) is 21.2 Å². The fourth-order valence-electron chi connectivity index (χ4n) is 3.18. The molecule has 27 heavy (non-hydrogen) atoms. The van der Waals surface area contributed by atoms with Crippen molar-refractivity contribution < 1.29 is 26.0 Å². The molecule has 9 heteroatoms. The zero-order valence-electron chi connectivity index (χ0n) is 14.7. The highest BCUT2D eigenvalue weighted by molar-refractivity contribution is 7.92. The van der Waals surface area contributed by atoms with Crippen molar-refractivity contribution in [2.45, 2.75) is 27.9 Å². The van der Waals surface area contributed by atoms with E-state index < -0.39 is 30.9 Å². The van der Waals surface area contributed by atoms with Crippen LogP contribution in [0.3, 0.4) is 0 Å². The van der Waals surface area contributed by atoms with Gasteiger partial charge in [0.1, 0.15) is 16.5 Å². The van der Waals surface area contributed by atoms with Gasteiger partial charge in [-0.15, -0.1) is 0 Å². The van der Waals surface area contributed by atoms with Gasteiger partial charge in [0.15, 0.2) is 9.84 Å². The molecule has 0 N–H and O–H groups in total. The predicted molar refractivity (Wildman–Crippen MR) is 98.4 cm³/mol. The van der Waals surface area contributed by atoms with Crippen molar-refractivity contribution in [1.29, 1.82) is 0 Å². The van der Waals surface area contributed by atoms with Crippen LogP contribution < -0.4 is 4.74 Å². The van der Waals surface area contributed by atoms with Gasteiger partial charge in [0.2, 0.25) is 10.0 Å². The molecule has 1 heterocycles. The van der Waals surface area contributed by atoms with Gasteiger partial charge in [0.05, 0.1) is 17.3 Å². The van der Waals surface area contributed by atoms with E-state index in [4.69, 9.17) is 4.74 Å². The Hall–Kier alpha value is -1.97. The average Bonchev–Trinajstić information content (AvgIpc) is 2.68. The number of rotatable bonds is 5. The van der Waals surface area contributed by atoms with Crippen LogP contribution in [0.2, 0.25) is 0 Å². The summed E-state index contributed by atoms with van der Waals surface area (Å²) in [5.74, 6) is -0.633. The highest BCUT2D eigenvalue weighted by atomic mass is 32.2. The first-order chi connectivity index (χ1) is 12.8. The van der Waals surface area contributed by atoms with Crippen molar-refractivity contribution >= 4 is 19.9 Å². The van der Waals surface area contributed by atoms with E-state index in [1.54, 1.807) is 18.2 Å². The minimum absolute atomic E-state index is 0.0404. The second-order valence-electron chi connectivity index (χ2n) is 6.26. The molecule has 146 valence electrons. The number of ether oxygens (including phenoxy) is 1. The van der Waals surface area contributed by atoms with E-state index in [1.807, 2.05) is 0 Å². The molecule has 2 aromatic rings. The number of methoxy groups -OCH3 is 1. The molecular formula is C18H20FNO5S2. The Morgan fingerprint density at radius 1 is 1.00 bits per heavy atom. The monoisotopic (exact) mass is 413 g/mol. The van der Waals surface area contributed by atoms with Crippen molar-refractivity contribution in [1.82, 2.24) is 4.31 Å². The van der Waals surface area contributed by atoms with Gasteiger partial charge in [-0.2, -0.15) is 4.31 Å². The molecule has 6 nitrogen and oxygen atoms in total. The van der Waals surface area contributed by atoms with E-state index >= 15 is 0 Å². The van der Waals surface area contributed by atoms with Gasteiger partial charge >= 0.3 is 0 Å². The maximum absolute atomic E-state index is 13.6. The van der Waals surface area contributed by atoms with Crippen LogP contribution in [0.4, 0.5) is 4.39 Å². The first-order valence-corrected chi connectivity index (χ1v) is 11.4. The van der Waals surface area contributed by atoms with Crippen LogP contribution in [-0.4, -0.2) is 46.6 Å². The molecule has 0 unspecified atom stereocenters. The Kier molecular flexibility index (Phi) is 5.55. The summed E-state index contributed by atoms with van der Waals surface area (Å²) in [4.78, 5) is -0.0209. The lowest BCUT2D eigenvalue weighted by Gasteiger charge is -2.31. The molecule has 1 fully saturated rings. The van der Waals surface area contributed by atoms with Crippen LogP contribution in [0.5, 0.6) is 5.75 Å². The third-order valence-corrected chi connectivity index (χ3v) is 8.85. The lowest BCUT2D eigenvalue weighted by atomic mass is 10.2. The normalized spacial score (nSPS) is 17.0. The van der Waals surface area contributed by atoms with Crippen molar-refractivity contribution in [3.63, 3.8) is 0 Å². The summed E-state index contributed by atoms with van der Waals surface area (Å²) in [6.07, 6.45) is 0.349. The number of sulfone groups is 1. The summed E-state index contributed by atoms with van der Waals surface area (Å²) in [5.41, 5.74) is 0. The molecule has 0 saturated carbocycles. The van der Waals surface area contributed by atoms with Crippen molar-refractivity contribution in [3.8, 4) is 5.75 Å². The maximum Gasteiger partial charge on any atom is 0.246 e. The average molecular weight is 413 g/mol. The fourth-order valence-corrected chi connectivity index (χ4v) is 6.57. The largest absolute Gasteiger partial charge is 0.495 e. The quantitative estimate of drug-likeness (QED) is 0.752. The smallest absolute Gasteiger partial charge is 0.246 e. The maximum atomic E-state index is 13.6. The summed E-state index contributed by atoms with van der Waals surface area (Å²) in [6.45, 7) is 0.0808. The molecule has 0 bridgehead atoms. The van der Waals surface area contributed by atoms with Crippen LogP contribution in [0.15, 0.2) is 58.3 Å². The second kappa shape index (κ2) is 7.57. The van der Waals surface area contributed by atoms with Crippen LogP contribution in [0.1, 0.15) is 12.8 Å². The number of hydrogen-bond acceptors (Lipinski definition) is 5. The number of benzene rings is 2. The Balaban J connectivity index is 1.81. The lowest BCUT2D eigenvalue weighted by Crippen LogP contribution is -2.42. The minimum atomic E-state index is -3.99. The lowest BCUT2D eigenvalue weighted by molar-refractivity contribution is 0.341. The predicted octanol–water partition coefficient (Wildman–Crippen LogP) is 2.46. The number of piperidine rings is 1. The molecule has 1 saturated heterocycles. The first kappa shape index (κ1) is 19.8. The number of hydrogen-bond donors (Lipinski definition) is 0. The van der Waals surface area contributed by atoms with Gasteiger partial charge in [-0.3, -0.25) is 0 Å². The van der Waals surface area contributed by atoms with Crippen molar-refractivity contribution in [2.75, 3.05) is 20.2 Å². The highest BCUT2D eigenvalue weighted by Gasteiger charge is 2.36. The molecule has 3 rings (SSSR count). The van der Waals surface area contributed by atoms with Crippen molar-refractivity contribution in [2.24, 2.45) is 0 Å². The van der Waals surface area contributed by atoms with Gasteiger partial charge < -0.3 is 4.74 Å². The minimum Gasteiger partial charge on any atom is -0.495 e. The molecule has 0 spiro atoms. The van der Waals surface area contributed by atoms with Crippen molar-refractivity contribution in [3.05, 3.63) is 54.3 Å². The summed E-state index contributed by atoms with van der Waals surface area (Å²) in [5, 5.41) is -0.652. The summed E-state index contributed by atoms with van der Waals surface area (Å²) in [7, 11) is -6.20. The van der Waals surface area contributed by atoms with Crippen LogP contribution in [0.25, 0.3) is 0 Å². The Labute approximate surface area is 158 Å². The van der Waals surface area contributed by atoms with Crippen LogP contribution >= 0.6 is 0 Å². The SMILES string of the molecule is COc1ccc(F)cc1S(=O)(=O)N1CCC(S(=O)(=O)c2ccccc2)CC1. The summed E-state index contributed by atoms with van der Waals surface area (Å²) in [6, 6.07) is 11.4. The summed E-state index contributed by atoms with van der Waals surface area (Å²) < 4.78 is 71.0. The Morgan fingerprint density at radius 2 is 1.63 bits per heavy atom. The zero-order chi connectivity index (χ0) is 19.7.